The number of nitrogens with zero attached hydrogens (tertiary/aromatic N) is 2. The van der Waals surface area contributed by atoms with E-state index in [0.717, 1.165) is 41.0 Å². The molecule has 4 rings (SSSR count). The zero-order chi connectivity index (χ0) is 19.0. The van der Waals surface area contributed by atoms with Gasteiger partial charge in [0.25, 0.3) is 5.91 Å². The molecule has 1 aliphatic rings. The van der Waals surface area contributed by atoms with Crippen LogP contribution in [0.2, 0.25) is 0 Å². The Kier molecular flexibility index (Phi) is 4.85. The van der Waals surface area contributed by atoms with Crippen LogP contribution in [0.1, 0.15) is 40.3 Å². The summed E-state index contributed by atoms with van der Waals surface area (Å²) in [5.74, 6) is -0.138. The number of benzene rings is 1. The van der Waals surface area contributed by atoms with Crippen LogP contribution in [0.4, 0.5) is 5.69 Å². The van der Waals surface area contributed by atoms with E-state index in [1.807, 2.05) is 30.3 Å². The van der Waals surface area contributed by atoms with E-state index in [-0.39, 0.29) is 5.91 Å². The average Bonchev–Trinajstić information content (AvgIpc) is 3.00. The van der Waals surface area contributed by atoms with Crippen molar-refractivity contribution in [1.82, 2.24) is 15.2 Å². The molecular formula is C21H24N4OS. The number of fused-ring (bicyclic) bond motifs is 2. The zero-order valence-electron chi connectivity index (χ0n) is 15.7. The van der Waals surface area contributed by atoms with Crippen molar-refractivity contribution in [1.29, 1.82) is 0 Å². The van der Waals surface area contributed by atoms with Crippen LogP contribution in [-0.4, -0.2) is 28.4 Å². The first-order chi connectivity index (χ1) is 13.0. The molecule has 0 saturated heterocycles. The van der Waals surface area contributed by atoms with Gasteiger partial charge in [-0.2, -0.15) is 0 Å². The van der Waals surface area contributed by atoms with E-state index in [1.165, 1.54) is 16.9 Å². The van der Waals surface area contributed by atoms with Crippen molar-refractivity contribution >= 4 is 33.1 Å². The maximum atomic E-state index is 12.7. The standard InChI is InChI=1S/C21H24N4OS/c1-13(2)25-9-8-17-15(12-25)10-16-18(22)19(27-21(16)24-17)20(26)23-11-14-6-4-3-5-7-14/h3-7,10,13H,8-9,11-12,22H2,1-2H3,(H,23,26). The number of carbonyl (C=O) groups is 1. The molecule has 0 aliphatic carbocycles. The summed E-state index contributed by atoms with van der Waals surface area (Å²) in [5, 5.41) is 3.86. The molecule has 6 heteroatoms. The van der Waals surface area contributed by atoms with Crippen LogP contribution in [0, 0.1) is 0 Å². The Morgan fingerprint density at radius 2 is 2.11 bits per heavy atom. The van der Waals surface area contributed by atoms with Crippen LogP contribution in [0.3, 0.4) is 0 Å². The van der Waals surface area contributed by atoms with E-state index in [2.05, 4.69) is 30.1 Å². The minimum atomic E-state index is -0.138. The van der Waals surface area contributed by atoms with E-state index < -0.39 is 0 Å². The molecule has 1 amide bonds. The van der Waals surface area contributed by atoms with Gasteiger partial charge >= 0.3 is 0 Å². The topological polar surface area (TPSA) is 71.2 Å². The Hall–Kier alpha value is -2.44. The van der Waals surface area contributed by atoms with Crippen molar-refractivity contribution in [3.63, 3.8) is 0 Å². The summed E-state index contributed by atoms with van der Waals surface area (Å²) >= 11 is 1.39. The second kappa shape index (κ2) is 7.29. The first kappa shape index (κ1) is 17.9. The van der Waals surface area contributed by atoms with E-state index in [4.69, 9.17) is 10.7 Å². The number of rotatable bonds is 4. The predicted octanol–water partition coefficient (Wildman–Crippen LogP) is 3.58. The van der Waals surface area contributed by atoms with Crippen molar-refractivity contribution < 1.29 is 4.79 Å². The number of carbonyl (C=O) groups excluding carboxylic acids is 1. The fraction of sp³-hybridized carbons (Fsp3) is 0.333. The maximum Gasteiger partial charge on any atom is 0.263 e. The summed E-state index contributed by atoms with van der Waals surface area (Å²) in [7, 11) is 0. The lowest BCUT2D eigenvalue weighted by molar-refractivity contribution is 0.0956. The van der Waals surface area contributed by atoms with Crippen LogP contribution in [0.25, 0.3) is 10.2 Å². The Morgan fingerprint density at radius 3 is 2.85 bits per heavy atom. The minimum Gasteiger partial charge on any atom is -0.397 e. The number of pyridine rings is 1. The van der Waals surface area contributed by atoms with E-state index in [1.54, 1.807) is 0 Å². The number of nitrogens with two attached hydrogens (primary N) is 1. The smallest absolute Gasteiger partial charge is 0.263 e. The van der Waals surface area contributed by atoms with Gasteiger partial charge in [0.05, 0.1) is 5.69 Å². The number of hydrogen-bond donors (Lipinski definition) is 2. The fourth-order valence-corrected chi connectivity index (χ4v) is 4.50. The molecule has 0 saturated carbocycles. The van der Waals surface area contributed by atoms with Crippen molar-refractivity contribution in [3.05, 3.63) is 58.1 Å². The van der Waals surface area contributed by atoms with Crippen LogP contribution in [0.15, 0.2) is 36.4 Å². The third-order valence-electron chi connectivity index (χ3n) is 5.13. The summed E-state index contributed by atoms with van der Waals surface area (Å²) in [6, 6.07) is 12.5. The number of nitrogen functional groups attached to an aromatic ring is 1. The second-order valence-electron chi connectivity index (χ2n) is 7.27. The predicted molar refractivity (Wildman–Crippen MR) is 111 cm³/mol. The van der Waals surface area contributed by atoms with Gasteiger partial charge in [0.15, 0.2) is 0 Å². The van der Waals surface area contributed by atoms with E-state index in [0.29, 0.717) is 23.2 Å². The summed E-state index contributed by atoms with van der Waals surface area (Å²) in [6.45, 7) is 6.83. The number of thiophene rings is 1. The minimum absolute atomic E-state index is 0.138. The quantitative estimate of drug-likeness (QED) is 0.726. The molecular weight excluding hydrogens is 356 g/mol. The van der Waals surface area contributed by atoms with E-state index in [9.17, 15) is 4.79 Å². The molecule has 2 aromatic heterocycles. The monoisotopic (exact) mass is 380 g/mol. The molecule has 0 unspecified atom stereocenters. The van der Waals surface area contributed by atoms with Crippen molar-refractivity contribution in [2.24, 2.45) is 0 Å². The van der Waals surface area contributed by atoms with Gasteiger partial charge in [-0.05, 0) is 31.0 Å². The molecule has 0 atom stereocenters. The highest BCUT2D eigenvalue weighted by Crippen LogP contribution is 2.35. The molecule has 1 aliphatic heterocycles. The molecule has 0 fully saturated rings. The lowest BCUT2D eigenvalue weighted by Crippen LogP contribution is -2.36. The Bertz CT molecular complexity index is 981. The molecule has 0 spiro atoms. The summed E-state index contributed by atoms with van der Waals surface area (Å²) in [4.78, 5) is 21.3. The molecule has 140 valence electrons. The van der Waals surface area contributed by atoms with Gasteiger partial charge in [0, 0.05) is 43.2 Å². The highest BCUT2D eigenvalue weighted by molar-refractivity contribution is 7.21. The normalized spacial score (nSPS) is 14.5. The van der Waals surface area contributed by atoms with Crippen molar-refractivity contribution in [2.45, 2.75) is 39.4 Å². The number of aromatic nitrogens is 1. The molecule has 27 heavy (non-hydrogen) atoms. The lowest BCUT2D eigenvalue weighted by atomic mass is 10.0. The van der Waals surface area contributed by atoms with Gasteiger partial charge in [0.1, 0.15) is 9.71 Å². The molecule has 0 bridgehead atoms. The van der Waals surface area contributed by atoms with Gasteiger partial charge in [-0.25, -0.2) is 4.98 Å². The van der Waals surface area contributed by atoms with Crippen LogP contribution < -0.4 is 11.1 Å². The molecule has 3 N–H and O–H groups in total. The summed E-state index contributed by atoms with van der Waals surface area (Å²) < 4.78 is 0. The van der Waals surface area contributed by atoms with Gasteiger partial charge in [0.2, 0.25) is 0 Å². The fourth-order valence-electron chi connectivity index (χ4n) is 3.49. The van der Waals surface area contributed by atoms with Crippen LogP contribution >= 0.6 is 11.3 Å². The first-order valence-electron chi connectivity index (χ1n) is 9.30. The highest BCUT2D eigenvalue weighted by atomic mass is 32.1. The molecule has 0 radical (unpaired) electrons. The largest absolute Gasteiger partial charge is 0.397 e. The van der Waals surface area contributed by atoms with E-state index >= 15 is 0 Å². The second-order valence-corrected chi connectivity index (χ2v) is 8.27. The van der Waals surface area contributed by atoms with Crippen molar-refractivity contribution in [2.75, 3.05) is 12.3 Å². The van der Waals surface area contributed by atoms with Gasteiger partial charge in [-0.1, -0.05) is 30.3 Å². The highest BCUT2D eigenvalue weighted by Gasteiger charge is 2.23. The molecule has 3 aromatic rings. The van der Waals surface area contributed by atoms with Gasteiger partial charge in [-0.3, -0.25) is 9.69 Å². The maximum absolute atomic E-state index is 12.7. The first-order valence-corrected chi connectivity index (χ1v) is 10.1. The number of hydrogen-bond acceptors (Lipinski definition) is 5. The summed E-state index contributed by atoms with van der Waals surface area (Å²) in [6.07, 6.45) is 0.941. The third-order valence-corrected chi connectivity index (χ3v) is 6.25. The van der Waals surface area contributed by atoms with Gasteiger partial charge in [-0.15, -0.1) is 11.3 Å². The lowest BCUT2D eigenvalue weighted by Gasteiger charge is -2.31. The zero-order valence-corrected chi connectivity index (χ0v) is 16.5. The number of anilines is 1. The Morgan fingerprint density at radius 1 is 1.33 bits per heavy atom. The van der Waals surface area contributed by atoms with Gasteiger partial charge < -0.3 is 11.1 Å². The Balaban J connectivity index is 1.59. The summed E-state index contributed by atoms with van der Waals surface area (Å²) in [5.41, 5.74) is 10.3. The Labute approximate surface area is 163 Å². The number of amides is 1. The SMILES string of the molecule is CC(C)N1CCc2nc3sc(C(=O)NCc4ccccc4)c(N)c3cc2C1. The van der Waals surface area contributed by atoms with Crippen LogP contribution in [-0.2, 0) is 19.5 Å². The van der Waals surface area contributed by atoms with Crippen molar-refractivity contribution in [3.8, 4) is 0 Å². The third kappa shape index (κ3) is 3.55. The number of nitrogens with one attached hydrogen (secondary N) is 1. The van der Waals surface area contributed by atoms with Crippen LogP contribution in [0.5, 0.6) is 0 Å². The average molecular weight is 381 g/mol. The molecule has 1 aromatic carbocycles. The molecule has 3 heterocycles. The molecule has 5 nitrogen and oxygen atoms in total.